The van der Waals surface area contributed by atoms with Gasteiger partial charge in [0.25, 0.3) is 11.8 Å². The maximum atomic E-state index is 13.7. The van der Waals surface area contributed by atoms with E-state index in [1.807, 2.05) is 54.6 Å². The smallest absolute Gasteiger partial charge is 0.354 e. The fraction of sp³-hybridized carbons (Fsp3) is 0.222. The number of ether oxygens (including phenoxy) is 2. The Bertz CT molecular complexity index is 1850. The molecule has 0 bridgehead atoms. The summed E-state index contributed by atoms with van der Waals surface area (Å²) in [5.41, 5.74) is 2.64. The van der Waals surface area contributed by atoms with Crippen molar-refractivity contribution in [3.63, 3.8) is 0 Å². The fourth-order valence-electron chi connectivity index (χ4n) is 5.95. The van der Waals surface area contributed by atoms with Crippen molar-refractivity contribution in [2.24, 2.45) is 5.16 Å². The number of methoxy groups -OCH3 is 1. The molecule has 1 saturated heterocycles. The number of rotatable bonds is 12. The summed E-state index contributed by atoms with van der Waals surface area (Å²) in [5, 5.41) is 12.0. The summed E-state index contributed by atoms with van der Waals surface area (Å²) in [6, 6.07) is 29.1. The molecule has 0 spiro atoms. The van der Waals surface area contributed by atoms with Crippen molar-refractivity contribution in [1.82, 2.24) is 15.2 Å². The van der Waals surface area contributed by atoms with Gasteiger partial charge < -0.3 is 24.9 Å². The second-order valence-electron chi connectivity index (χ2n) is 11.2. The third-order valence-corrected chi connectivity index (χ3v) is 10.3. The number of hydrogen-bond acceptors (Lipinski definition) is 12. The number of fused-ring (bicyclic) bond motifs is 1. The third kappa shape index (κ3) is 6.59. The Balaban J connectivity index is 1.27. The number of thiazole rings is 1. The number of thioether (sulfide) groups is 1. The van der Waals surface area contributed by atoms with Gasteiger partial charge in [-0.2, -0.15) is 0 Å². The van der Waals surface area contributed by atoms with Gasteiger partial charge in [0.15, 0.2) is 10.8 Å². The van der Waals surface area contributed by atoms with Gasteiger partial charge in [0.2, 0.25) is 0 Å². The van der Waals surface area contributed by atoms with Gasteiger partial charge in [0.1, 0.15) is 42.1 Å². The lowest BCUT2D eigenvalue weighted by Crippen LogP contribution is -2.71. The molecule has 2 atom stereocenters. The molecule has 0 saturated carbocycles. The topological polar surface area (TPSA) is 149 Å². The van der Waals surface area contributed by atoms with Gasteiger partial charge in [-0.1, -0.05) is 96.2 Å². The predicted octanol–water partition coefficient (Wildman–Crippen LogP) is 4.29. The second-order valence-corrected chi connectivity index (χ2v) is 13.2. The number of amides is 2. The standard InChI is InChI=1S/C36H33N5O7S2/c1-22(42)48-19-23-20-49-33-29(32(44)41(33)30(23)34(45)46-2)38-31(43)28(40-47-3)27-21-50-35(37-27)39-36(24-13-7-4-8-14-24,25-15-9-5-10-16-25)26-17-11-6-12-18-26/h4-18,21,29,33H,19-20H2,1-3H3,(H,37,39)(H,38,43)/t29-,33+/m1/s1. The molecule has 4 aromatic rings. The van der Waals surface area contributed by atoms with E-state index in [1.54, 1.807) is 5.38 Å². The number of β-lactam (4-membered cyclic amide) rings is 1. The molecular weight excluding hydrogens is 679 g/mol. The molecule has 256 valence electrons. The van der Waals surface area contributed by atoms with E-state index in [1.165, 1.54) is 49.1 Å². The molecule has 2 amide bonds. The molecule has 3 aromatic carbocycles. The molecule has 2 aliphatic heterocycles. The molecule has 0 aliphatic carbocycles. The Hall–Kier alpha value is -5.47. The van der Waals surface area contributed by atoms with E-state index < -0.39 is 40.7 Å². The minimum atomic E-state index is -0.970. The zero-order valence-electron chi connectivity index (χ0n) is 27.3. The number of nitrogens with zero attached hydrogens (tertiary/aromatic N) is 3. The van der Waals surface area contributed by atoms with Crippen LogP contribution in [0.15, 0.2) is 113 Å². The minimum absolute atomic E-state index is 0.00716. The summed E-state index contributed by atoms with van der Waals surface area (Å²) in [7, 11) is 2.52. The summed E-state index contributed by atoms with van der Waals surface area (Å²) in [5.74, 6) is -2.18. The lowest BCUT2D eigenvalue weighted by atomic mass is 9.77. The number of carbonyl (C=O) groups is 4. The van der Waals surface area contributed by atoms with Crippen molar-refractivity contribution in [2.75, 3.05) is 31.9 Å². The van der Waals surface area contributed by atoms with Crippen LogP contribution in [0, 0.1) is 0 Å². The Morgan fingerprint density at radius 3 is 2.04 bits per heavy atom. The van der Waals surface area contributed by atoms with E-state index in [-0.39, 0.29) is 29.5 Å². The highest BCUT2D eigenvalue weighted by molar-refractivity contribution is 8.00. The van der Waals surface area contributed by atoms with Crippen molar-refractivity contribution in [3.05, 3.63) is 130 Å². The molecule has 6 rings (SSSR count). The highest BCUT2D eigenvalue weighted by Gasteiger charge is 2.54. The van der Waals surface area contributed by atoms with Crippen molar-refractivity contribution < 1.29 is 33.5 Å². The number of esters is 2. The van der Waals surface area contributed by atoms with Gasteiger partial charge >= 0.3 is 11.9 Å². The first-order chi connectivity index (χ1) is 24.3. The number of aromatic nitrogens is 1. The van der Waals surface area contributed by atoms with E-state index in [2.05, 4.69) is 52.2 Å². The number of nitrogens with one attached hydrogen (secondary N) is 2. The molecule has 0 radical (unpaired) electrons. The molecule has 1 fully saturated rings. The third-order valence-electron chi connectivity index (χ3n) is 8.22. The van der Waals surface area contributed by atoms with Crippen LogP contribution in [0.1, 0.15) is 29.3 Å². The van der Waals surface area contributed by atoms with Gasteiger partial charge in [0, 0.05) is 23.6 Å². The average Bonchev–Trinajstić information content (AvgIpc) is 3.62. The molecule has 3 heterocycles. The minimum Gasteiger partial charge on any atom is -0.464 e. The monoisotopic (exact) mass is 711 g/mol. The zero-order chi connectivity index (χ0) is 35.3. The quantitative estimate of drug-likeness (QED) is 0.0717. The summed E-state index contributed by atoms with van der Waals surface area (Å²) in [4.78, 5) is 62.3. The maximum absolute atomic E-state index is 13.7. The van der Waals surface area contributed by atoms with Gasteiger partial charge in [0.05, 0.1) is 7.11 Å². The summed E-state index contributed by atoms with van der Waals surface area (Å²) >= 11 is 2.61. The Labute approximate surface area is 296 Å². The molecule has 0 unspecified atom stereocenters. The molecule has 2 N–H and O–H groups in total. The number of benzene rings is 3. The van der Waals surface area contributed by atoms with E-state index in [0.29, 0.717) is 10.7 Å². The highest BCUT2D eigenvalue weighted by Crippen LogP contribution is 2.42. The number of oxime groups is 1. The Morgan fingerprint density at radius 1 is 0.940 bits per heavy atom. The molecule has 2 aliphatic rings. The SMILES string of the molecule is CON=C(C(=O)N[C@@H]1C(=O)N2C(C(=O)OC)=C(COC(C)=O)CS[C@@H]12)c1csc(NC(c2ccccc2)(c2ccccc2)c2ccccc2)n1. The number of hydrogen-bond donors (Lipinski definition) is 2. The first kappa shape index (κ1) is 34.4. The van der Waals surface area contributed by atoms with Gasteiger partial charge in [-0.05, 0) is 16.7 Å². The van der Waals surface area contributed by atoms with Gasteiger partial charge in [-0.25, -0.2) is 9.78 Å². The van der Waals surface area contributed by atoms with E-state index in [9.17, 15) is 19.2 Å². The van der Waals surface area contributed by atoms with Crippen LogP contribution in [-0.4, -0.2) is 77.3 Å². The lowest BCUT2D eigenvalue weighted by molar-refractivity contribution is -0.151. The Kier molecular flexibility index (Phi) is 10.3. The number of anilines is 1. The molecule has 50 heavy (non-hydrogen) atoms. The van der Waals surface area contributed by atoms with Crippen molar-refractivity contribution in [3.8, 4) is 0 Å². The van der Waals surface area contributed by atoms with Gasteiger partial charge in [-0.15, -0.1) is 23.1 Å². The van der Waals surface area contributed by atoms with E-state index >= 15 is 0 Å². The lowest BCUT2D eigenvalue weighted by Gasteiger charge is -2.49. The second kappa shape index (κ2) is 15.0. The van der Waals surface area contributed by atoms with Crippen LogP contribution >= 0.6 is 23.1 Å². The van der Waals surface area contributed by atoms with Crippen LogP contribution in [0.5, 0.6) is 0 Å². The summed E-state index contributed by atoms with van der Waals surface area (Å²) < 4.78 is 10.0. The molecular formula is C36H33N5O7S2. The summed E-state index contributed by atoms with van der Waals surface area (Å²) in [6.07, 6.45) is 0. The first-order valence-corrected chi connectivity index (χ1v) is 17.4. The average molecular weight is 712 g/mol. The van der Waals surface area contributed by atoms with Crippen LogP contribution in [0.3, 0.4) is 0 Å². The van der Waals surface area contributed by atoms with E-state index in [4.69, 9.17) is 19.3 Å². The van der Waals surface area contributed by atoms with Crippen molar-refractivity contribution in [1.29, 1.82) is 0 Å². The maximum Gasteiger partial charge on any atom is 0.354 e. The van der Waals surface area contributed by atoms with Crippen LogP contribution in [-0.2, 0) is 39.0 Å². The summed E-state index contributed by atoms with van der Waals surface area (Å²) in [6.45, 7) is 1.09. The zero-order valence-corrected chi connectivity index (χ0v) is 29.0. The van der Waals surface area contributed by atoms with Crippen LogP contribution in [0.2, 0.25) is 0 Å². The van der Waals surface area contributed by atoms with Gasteiger partial charge in [-0.3, -0.25) is 19.3 Å². The van der Waals surface area contributed by atoms with Crippen LogP contribution in [0.25, 0.3) is 0 Å². The fourth-order valence-corrected chi connectivity index (χ4v) is 8.03. The number of carbonyl (C=O) groups excluding carboxylic acids is 4. The molecule has 1 aromatic heterocycles. The molecule has 14 heteroatoms. The van der Waals surface area contributed by atoms with Crippen LogP contribution < -0.4 is 10.6 Å². The highest BCUT2D eigenvalue weighted by atomic mass is 32.2. The molecule has 12 nitrogen and oxygen atoms in total. The first-order valence-electron chi connectivity index (χ1n) is 15.5. The normalized spacial score (nSPS) is 17.3. The largest absolute Gasteiger partial charge is 0.464 e. The Morgan fingerprint density at radius 2 is 1.52 bits per heavy atom. The van der Waals surface area contributed by atoms with Crippen LogP contribution in [0.4, 0.5) is 5.13 Å². The van der Waals surface area contributed by atoms with Crippen molar-refractivity contribution in [2.45, 2.75) is 23.9 Å². The van der Waals surface area contributed by atoms with Crippen molar-refractivity contribution >= 4 is 57.7 Å². The van der Waals surface area contributed by atoms with E-state index in [0.717, 1.165) is 16.7 Å². The predicted molar refractivity (Wildman–Crippen MR) is 189 cm³/mol.